The maximum Gasteiger partial charge on any atom is 0.128 e. The van der Waals surface area contributed by atoms with Gasteiger partial charge in [-0.1, -0.05) is 17.7 Å². The van der Waals surface area contributed by atoms with Crippen LogP contribution < -0.4 is 0 Å². The van der Waals surface area contributed by atoms with Crippen LogP contribution in [-0.2, 0) is 12.8 Å². The lowest BCUT2D eigenvalue weighted by atomic mass is 10.1. The predicted molar refractivity (Wildman–Crippen MR) is 73.7 cm³/mol. The summed E-state index contributed by atoms with van der Waals surface area (Å²) < 4.78 is 1.91. The van der Waals surface area contributed by atoms with Crippen molar-refractivity contribution in [3.05, 3.63) is 46.5 Å². The predicted octanol–water partition coefficient (Wildman–Crippen LogP) is 3.98. The van der Waals surface area contributed by atoms with E-state index in [2.05, 4.69) is 37.0 Å². The molecule has 0 radical (unpaired) electrons. The fourth-order valence-corrected chi connectivity index (χ4v) is 2.64. The summed E-state index contributed by atoms with van der Waals surface area (Å²) >= 11 is 7.73. The van der Waals surface area contributed by atoms with E-state index in [9.17, 15) is 0 Å². The lowest BCUT2D eigenvalue weighted by molar-refractivity contribution is 0.850. The smallest absolute Gasteiger partial charge is 0.128 e. The number of halogens is 1. The molecule has 0 aliphatic carbocycles. The van der Waals surface area contributed by atoms with Crippen LogP contribution in [0.5, 0.6) is 0 Å². The summed E-state index contributed by atoms with van der Waals surface area (Å²) in [5.41, 5.74) is 2.65. The van der Waals surface area contributed by atoms with E-state index in [1.165, 1.54) is 16.0 Å². The van der Waals surface area contributed by atoms with E-state index in [4.69, 9.17) is 11.6 Å². The molecule has 2 rings (SSSR count). The molecule has 0 aliphatic heterocycles. The van der Waals surface area contributed by atoms with Crippen molar-refractivity contribution in [1.82, 2.24) is 9.55 Å². The summed E-state index contributed by atoms with van der Waals surface area (Å²) in [7, 11) is 1.94. The first-order chi connectivity index (χ1) is 8.08. The van der Waals surface area contributed by atoms with Gasteiger partial charge in [-0.15, -0.1) is 11.8 Å². The highest BCUT2D eigenvalue weighted by molar-refractivity contribution is 7.98. The molecule has 4 heteroatoms. The van der Waals surface area contributed by atoms with E-state index >= 15 is 0 Å². The van der Waals surface area contributed by atoms with Crippen molar-refractivity contribution in [2.24, 2.45) is 7.05 Å². The van der Waals surface area contributed by atoms with Crippen molar-refractivity contribution in [1.29, 1.82) is 0 Å². The maximum absolute atomic E-state index is 5.95. The summed E-state index contributed by atoms with van der Waals surface area (Å²) in [6.45, 7) is 4.26. The van der Waals surface area contributed by atoms with Crippen molar-refractivity contribution >= 4 is 23.4 Å². The van der Waals surface area contributed by atoms with E-state index in [0.29, 0.717) is 5.15 Å². The monoisotopic (exact) mass is 266 g/mol. The van der Waals surface area contributed by atoms with Crippen LogP contribution in [0.25, 0.3) is 0 Å². The Hall–Kier alpha value is -0.930. The van der Waals surface area contributed by atoms with E-state index in [1.807, 2.05) is 11.6 Å². The normalized spacial score (nSPS) is 10.8. The highest BCUT2D eigenvalue weighted by Gasteiger charge is 2.05. The molecule has 0 saturated carbocycles. The minimum Gasteiger partial charge on any atom is -0.322 e. The van der Waals surface area contributed by atoms with Crippen LogP contribution in [-0.4, -0.2) is 9.55 Å². The number of aromatic nitrogens is 2. The Balaban J connectivity index is 2.07. The molecule has 2 aromatic rings. The van der Waals surface area contributed by atoms with E-state index < -0.39 is 0 Å². The van der Waals surface area contributed by atoms with Gasteiger partial charge in [-0.2, -0.15) is 0 Å². The molecule has 1 aromatic carbocycles. The third kappa shape index (κ3) is 2.85. The number of imidazole rings is 1. The minimum atomic E-state index is 0.681. The Bertz CT molecular complexity index is 534. The lowest BCUT2D eigenvalue weighted by Crippen LogP contribution is -1.95. The summed E-state index contributed by atoms with van der Waals surface area (Å²) in [6, 6.07) is 6.52. The standard InChI is InChI=1S/C13H15ClN2S/c1-9-4-5-11(6-10(9)2)17-8-13-15-7-12(14)16(13)3/h4-7H,8H2,1-3H3. The SMILES string of the molecule is Cc1ccc(SCc2ncc(Cl)n2C)cc1C. The first kappa shape index (κ1) is 12.5. The van der Waals surface area contributed by atoms with Crippen LogP contribution >= 0.6 is 23.4 Å². The van der Waals surface area contributed by atoms with E-state index in [0.717, 1.165) is 11.6 Å². The minimum absolute atomic E-state index is 0.681. The molecule has 1 aromatic heterocycles. The van der Waals surface area contributed by atoms with Crippen molar-refractivity contribution in [3.8, 4) is 0 Å². The first-order valence-corrected chi connectivity index (χ1v) is 6.80. The Morgan fingerprint density at radius 2 is 2.06 bits per heavy atom. The van der Waals surface area contributed by atoms with Crippen molar-refractivity contribution < 1.29 is 0 Å². The van der Waals surface area contributed by atoms with Crippen LogP contribution in [0.15, 0.2) is 29.3 Å². The van der Waals surface area contributed by atoms with Gasteiger partial charge < -0.3 is 4.57 Å². The van der Waals surface area contributed by atoms with Gasteiger partial charge in [0.2, 0.25) is 0 Å². The number of aryl methyl sites for hydroxylation is 2. The Labute approximate surface area is 111 Å². The summed E-state index contributed by atoms with van der Waals surface area (Å²) in [5, 5.41) is 0.681. The number of nitrogens with zero attached hydrogens (tertiary/aromatic N) is 2. The Kier molecular flexibility index (Phi) is 3.79. The largest absolute Gasteiger partial charge is 0.322 e. The molecule has 0 amide bonds. The molecule has 0 spiro atoms. The van der Waals surface area contributed by atoms with E-state index in [1.54, 1.807) is 18.0 Å². The molecule has 17 heavy (non-hydrogen) atoms. The zero-order chi connectivity index (χ0) is 12.4. The summed E-state index contributed by atoms with van der Waals surface area (Å²) in [4.78, 5) is 5.55. The van der Waals surface area contributed by atoms with Gasteiger partial charge in [0, 0.05) is 11.9 Å². The van der Waals surface area contributed by atoms with Gasteiger partial charge >= 0.3 is 0 Å². The van der Waals surface area contributed by atoms with Gasteiger partial charge in [-0.25, -0.2) is 4.98 Å². The molecule has 0 saturated heterocycles. The van der Waals surface area contributed by atoms with Crippen molar-refractivity contribution in [2.75, 3.05) is 0 Å². The van der Waals surface area contributed by atoms with Crippen molar-refractivity contribution in [3.63, 3.8) is 0 Å². The number of benzene rings is 1. The maximum atomic E-state index is 5.95. The van der Waals surface area contributed by atoms with Gasteiger partial charge in [0.15, 0.2) is 0 Å². The van der Waals surface area contributed by atoms with Crippen LogP contribution in [0.1, 0.15) is 17.0 Å². The third-order valence-electron chi connectivity index (χ3n) is 2.87. The van der Waals surface area contributed by atoms with Gasteiger partial charge in [-0.3, -0.25) is 0 Å². The van der Waals surface area contributed by atoms with Gasteiger partial charge in [0.1, 0.15) is 11.0 Å². The van der Waals surface area contributed by atoms with Crippen LogP contribution in [0.2, 0.25) is 5.15 Å². The van der Waals surface area contributed by atoms with E-state index in [-0.39, 0.29) is 0 Å². The second-order valence-electron chi connectivity index (χ2n) is 4.09. The van der Waals surface area contributed by atoms with Crippen LogP contribution in [0, 0.1) is 13.8 Å². The fourth-order valence-electron chi connectivity index (χ4n) is 1.51. The number of rotatable bonds is 3. The molecule has 0 unspecified atom stereocenters. The first-order valence-electron chi connectivity index (χ1n) is 5.44. The quantitative estimate of drug-likeness (QED) is 0.782. The van der Waals surface area contributed by atoms with Crippen molar-refractivity contribution in [2.45, 2.75) is 24.5 Å². The molecule has 2 nitrogen and oxygen atoms in total. The molecule has 90 valence electrons. The molecule has 0 fully saturated rings. The Morgan fingerprint density at radius 3 is 2.65 bits per heavy atom. The average molecular weight is 267 g/mol. The molecule has 0 N–H and O–H groups in total. The van der Waals surface area contributed by atoms with Crippen LogP contribution in [0.4, 0.5) is 0 Å². The van der Waals surface area contributed by atoms with Gasteiger partial charge in [-0.05, 0) is 37.1 Å². The Morgan fingerprint density at radius 1 is 1.29 bits per heavy atom. The van der Waals surface area contributed by atoms with Gasteiger partial charge in [0.25, 0.3) is 0 Å². The molecule has 0 aliphatic rings. The zero-order valence-corrected chi connectivity index (χ0v) is 11.8. The highest BCUT2D eigenvalue weighted by Crippen LogP contribution is 2.25. The second kappa shape index (κ2) is 5.15. The highest BCUT2D eigenvalue weighted by atomic mass is 35.5. The number of hydrogen-bond acceptors (Lipinski definition) is 2. The molecular weight excluding hydrogens is 252 g/mol. The summed E-state index contributed by atoms with van der Waals surface area (Å²) in [6.07, 6.45) is 1.69. The molecule has 0 bridgehead atoms. The molecule has 0 atom stereocenters. The molecule has 1 heterocycles. The zero-order valence-electron chi connectivity index (χ0n) is 10.2. The van der Waals surface area contributed by atoms with Gasteiger partial charge in [0.05, 0.1) is 11.9 Å². The van der Waals surface area contributed by atoms with Crippen LogP contribution in [0.3, 0.4) is 0 Å². The number of thioether (sulfide) groups is 1. The lowest BCUT2D eigenvalue weighted by Gasteiger charge is -2.05. The summed E-state index contributed by atoms with van der Waals surface area (Å²) in [5.74, 6) is 1.84. The second-order valence-corrected chi connectivity index (χ2v) is 5.53. The fraction of sp³-hybridized carbons (Fsp3) is 0.308. The topological polar surface area (TPSA) is 17.8 Å². The molecular formula is C13H15ClN2S. The third-order valence-corrected chi connectivity index (χ3v) is 4.21. The average Bonchev–Trinajstić information content (AvgIpc) is 2.62. The number of hydrogen-bond donors (Lipinski definition) is 0.